The Labute approximate surface area is 152 Å². The van der Waals surface area contributed by atoms with E-state index in [0.717, 1.165) is 23.5 Å². The maximum atomic E-state index is 12.1. The number of carbonyl (C=O) groups is 2. The molecule has 1 heterocycles. The summed E-state index contributed by atoms with van der Waals surface area (Å²) in [5.41, 5.74) is 1.86. The minimum absolute atomic E-state index is 0. The molecule has 1 unspecified atom stereocenters. The Morgan fingerprint density at radius 3 is 3.00 bits per heavy atom. The minimum atomic E-state index is -0.443. The monoisotopic (exact) mass is 374 g/mol. The SMILES string of the molecule is COC(=O)CCSCc1cccc(NC(=O)C2CNCCO2)c1.Cl. The molecule has 1 aliphatic heterocycles. The number of hydrogen-bond acceptors (Lipinski definition) is 6. The number of rotatable bonds is 7. The Bertz CT molecular complexity index is 539. The first-order valence-corrected chi connectivity index (χ1v) is 8.71. The molecule has 1 atom stereocenters. The number of halogens is 1. The van der Waals surface area contributed by atoms with Gasteiger partial charge in [-0.2, -0.15) is 11.8 Å². The second-order valence-corrected chi connectivity index (χ2v) is 6.24. The van der Waals surface area contributed by atoms with Crippen LogP contribution in [-0.4, -0.2) is 50.5 Å². The zero-order valence-corrected chi connectivity index (χ0v) is 15.2. The molecule has 0 saturated carbocycles. The molecule has 2 N–H and O–H groups in total. The van der Waals surface area contributed by atoms with Gasteiger partial charge in [-0.15, -0.1) is 12.4 Å². The summed E-state index contributed by atoms with van der Waals surface area (Å²) in [6.07, 6.45) is -0.0364. The first-order valence-electron chi connectivity index (χ1n) is 7.55. The third-order valence-corrected chi connectivity index (χ3v) is 4.39. The van der Waals surface area contributed by atoms with E-state index in [0.29, 0.717) is 25.3 Å². The van der Waals surface area contributed by atoms with Crippen LogP contribution in [0.15, 0.2) is 24.3 Å². The maximum Gasteiger partial charge on any atom is 0.306 e. The number of ether oxygens (including phenoxy) is 2. The fourth-order valence-corrected chi connectivity index (χ4v) is 3.01. The quantitative estimate of drug-likeness (QED) is 0.560. The van der Waals surface area contributed by atoms with Gasteiger partial charge in [0.1, 0.15) is 6.10 Å². The van der Waals surface area contributed by atoms with Crippen LogP contribution in [0.3, 0.4) is 0 Å². The van der Waals surface area contributed by atoms with Gasteiger partial charge in [0.2, 0.25) is 0 Å². The van der Waals surface area contributed by atoms with Crippen molar-refractivity contribution in [2.24, 2.45) is 0 Å². The molecule has 1 saturated heterocycles. The van der Waals surface area contributed by atoms with Crippen molar-refractivity contribution in [2.75, 3.05) is 37.9 Å². The van der Waals surface area contributed by atoms with Crippen LogP contribution >= 0.6 is 24.2 Å². The number of morpholine rings is 1. The molecular weight excluding hydrogens is 352 g/mol. The van der Waals surface area contributed by atoms with Gasteiger partial charge in [-0.05, 0) is 17.7 Å². The number of benzene rings is 1. The first kappa shape index (κ1) is 20.8. The van der Waals surface area contributed by atoms with E-state index in [-0.39, 0.29) is 24.3 Å². The highest BCUT2D eigenvalue weighted by Gasteiger charge is 2.21. The van der Waals surface area contributed by atoms with Crippen LogP contribution in [0.2, 0.25) is 0 Å². The van der Waals surface area contributed by atoms with Gasteiger partial charge in [0.25, 0.3) is 5.91 Å². The van der Waals surface area contributed by atoms with Crippen LogP contribution in [0.1, 0.15) is 12.0 Å². The van der Waals surface area contributed by atoms with Gasteiger partial charge in [-0.1, -0.05) is 12.1 Å². The summed E-state index contributed by atoms with van der Waals surface area (Å²) < 4.78 is 10.0. The van der Waals surface area contributed by atoms with E-state index in [2.05, 4.69) is 15.4 Å². The van der Waals surface area contributed by atoms with E-state index in [9.17, 15) is 9.59 Å². The van der Waals surface area contributed by atoms with Crippen LogP contribution in [0.25, 0.3) is 0 Å². The highest BCUT2D eigenvalue weighted by molar-refractivity contribution is 7.98. The van der Waals surface area contributed by atoms with Gasteiger partial charge in [0, 0.05) is 30.3 Å². The van der Waals surface area contributed by atoms with Crippen molar-refractivity contribution in [3.8, 4) is 0 Å². The number of carbonyl (C=O) groups excluding carboxylic acids is 2. The lowest BCUT2D eigenvalue weighted by atomic mass is 10.2. The molecule has 6 nitrogen and oxygen atoms in total. The average molecular weight is 375 g/mol. The molecule has 0 aromatic heterocycles. The Balaban J connectivity index is 0.00000288. The Hall–Kier alpha value is -1.28. The second-order valence-electron chi connectivity index (χ2n) is 5.13. The minimum Gasteiger partial charge on any atom is -0.469 e. The molecule has 0 radical (unpaired) electrons. The normalized spacial score (nSPS) is 16.8. The third kappa shape index (κ3) is 7.09. The Morgan fingerprint density at radius 2 is 2.29 bits per heavy atom. The highest BCUT2D eigenvalue weighted by Crippen LogP contribution is 2.17. The van der Waals surface area contributed by atoms with Crippen LogP contribution in [0, 0.1) is 0 Å². The maximum absolute atomic E-state index is 12.1. The molecule has 1 fully saturated rings. The molecule has 0 bridgehead atoms. The van der Waals surface area contributed by atoms with Gasteiger partial charge in [0.15, 0.2) is 0 Å². The van der Waals surface area contributed by atoms with E-state index in [4.69, 9.17) is 4.74 Å². The molecule has 1 amide bonds. The van der Waals surface area contributed by atoms with Crippen molar-refractivity contribution in [2.45, 2.75) is 18.3 Å². The number of thioether (sulfide) groups is 1. The lowest BCUT2D eigenvalue weighted by Crippen LogP contribution is -2.45. The topological polar surface area (TPSA) is 76.7 Å². The fraction of sp³-hybridized carbons (Fsp3) is 0.500. The molecule has 0 spiro atoms. The highest BCUT2D eigenvalue weighted by atomic mass is 35.5. The van der Waals surface area contributed by atoms with Crippen molar-refractivity contribution in [3.63, 3.8) is 0 Å². The standard InChI is InChI=1S/C16H22N2O4S.ClH/c1-21-15(19)5-8-23-11-12-3-2-4-13(9-12)18-16(20)14-10-17-6-7-22-14;/h2-4,9,14,17H,5-8,10-11H2,1H3,(H,18,20);1H. The number of amides is 1. The molecule has 1 aromatic rings. The number of nitrogens with one attached hydrogen (secondary N) is 2. The summed E-state index contributed by atoms with van der Waals surface area (Å²) in [5.74, 6) is 1.17. The number of methoxy groups -OCH3 is 1. The second kappa shape index (κ2) is 11.3. The smallest absolute Gasteiger partial charge is 0.306 e. The van der Waals surface area contributed by atoms with Crippen LogP contribution < -0.4 is 10.6 Å². The van der Waals surface area contributed by atoms with Gasteiger partial charge in [-0.3, -0.25) is 9.59 Å². The lowest BCUT2D eigenvalue weighted by molar-refractivity contribution is -0.140. The van der Waals surface area contributed by atoms with Gasteiger partial charge < -0.3 is 20.1 Å². The molecule has 2 rings (SSSR count). The fourth-order valence-electron chi connectivity index (χ4n) is 2.14. The van der Waals surface area contributed by atoms with E-state index in [1.165, 1.54) is 7.11 Å². The Morgan fingerprint density at radius 1 is 1.46 bits per heavy atom. The van der Waals surface area contributed by atoms with Crippen molar-refractivity contribution in [3.05, 3.63) is 29.8 Å². The summed E-state index contributed by atoms with van der Waals surface area (Å²) in [5, 5.41) is 6.02. The van der Waals surface area contributed by atoms with Crippen molar-refractivity contribution in [1.29, 1.82) is 0 Å². The molecule has 1 aliphatic rings. The molecule has 0 aliphatic carbocycles. The van der Waals surface area contributed by atoms with Gasteiger partial charge >= 0.3 is 5.97 Å². The van der Waals surface area contributed by atoms with Crippen molar-refractivity contribution < 1.29 is 19.1 Å². The average Bonchev–Trinajstić information content (AvgIpc) is 2.59. The van der Waals surface area contributed by atoms with Crippen molar-refractivity contribution >= 4 is 41.7 Å². The van der Waals surface area contributed by atoms with Crippen LogP contribution in [-0.2, 0) is 24.8 Å². The zero-order chi connectivity index (χ0) is 16.5. The number of anilines is 1. The van der Waals surface area contributed by atoms with Crippen molar-refractivity contribution in [1.82, 2.24) is 5.32 Å². The van der Waals surface area contributed by atoms with Gasteiger partial charge in [-0.25, -0.2) is 0 Å². The molecule has 134 valence electrons. The summed E-state index contributed by atoms with van der Waals surface area (Å²) in [6.45, 7) is 1.87. The van der Waals surface area contributed by atoms with E-state index in [1.54, 1.807) is 11.8 Å². The molecular formula is C16H23ClN2O4S. The summed E-state index contributed by atoms with van der Waals surface area (Å²) >= 11 is 1.66. The number of esters is 1. The lowest BCUT2D eigenvalue weighted by Gasteiger charge is -2.22. The largest absolute Gasteiger partial charge is 0.469 e. The summed E-state index contributed by atoms with van der Waals surface area (Å²) in [4.78, 5) is 23.2. The molecule has 24 heavy (non-hydrogen) atoms. The Kier molecular flexibility index (Phi) is 9.78. The third-order valence-electron chi connectivity index (χ3n) is 3.36. The first-order chi connectivity index (χ1) is 11.2. The summed E-state index contributed by atoms with van der Waals surface area (Å²) in [7, 11) is 1.39. The van der Waals surface area contributed by atoms with E-state index < -0.39 is 6.10 Å². The summed E-state index contributed by atoms with van der Waals surface area (Å²) in [6, 6.07) is 7.71. The van der Waals surface area contributed by atoms with Crippen LogP contribution in [0.5, 0.6) is 0 Å². The van der Waals surface area contributed by atoms with Crippen LogP contribution in [0.4, 0.5) is 5.69 Å². The predicted molar refractivity (Wildman–Crippen MR) is 97.7 cm³/mol. The molecule has 1 aromatic carbocycles. The van der Waals surface area contributed by atoms with E-state index >= 15 is 0 Å². The number of hydrogen-bond donors (Lipinski definition) is 2. The zero-order valence-electron chi connectivity index (χ0n) is 13.6. The van der Waals surface area contributed by atoms with Gasteiger partial charge in [0.05, 0.1) is 20.1 Å². The molecule has 8 heteroatoms. The predicted octanol–water partition coefficient (Wildman–Crippen LogP) is 1.83. The van der Waals surface area contributed by atoms with E-state index in [1.807, 2.05) is 24.3 Å².